The number of hydrogen-bond acceptors (Lipinski definition) is 4. The number of hydrogen-bond donors (Lipinski definition) is 0. The molecule has 0 N–H and O–H groups in total. The highest BCUT2D eigenvalue weighted by atomic mass is 32.2. The Morgan fingerprint density at radius 3 is 2.33 bits per heavy atom. The second kappa shape index (κ2) is 7.48. The van der Waals surface area contributed by atoms with E-state index >= 15 is 0 Å². The first kappa shape index (κ1) is 18.7. The van der Waals surface area contributed by atoms with E-state index in [4.69, 9.17) is 0 Å². The lowest BCUT2D eigenvalue weighted by molar-refractivity contribution is -0.133. The summed E-state index contributed by atoms with van der Waals surface area (Å²) in [5.41, 5.74) is -0.104. The minimum Gasteiger partial charge on any atom is -0.338 e. The van der Waals surface area contributed by atoms with E-state index in [9.17, 15) is 17.6 Å². The van der Waals surface area contributed by atoms with Crippen molar-refractivity contribution >= 4 is 21.6 Å². The molecule has 8 heteroatoms. The highest BCUT2D eigenvalue weighted by Gasteiger charge is 2.34. The van der Waals surface area contributed by atoms with Gasteiger partial charge in [0, 0.05) is 26.2 Å². The van der Waals surface area contributed by atoms with E-state index in [2.05, 4.69) is 11.8 Å². The van der Waals surface area contributed by atoms with Gasteiger partial charge >= 0.3 is 0 Å². The maximum absolute atomic E-state index is 14.1. The Kier molecular flexibility index (Phi) is 5.82. The van der Waals surface area contributed by atoms with Gasteiger partial charge < -0.3 is 9.80 Å². The van der Waals surface area contributed by atoms with Gasteiger partial charge in [-0.1, -0.05) is 19.1 Å². The number of benzene rings is 1. The summed E-state index contributed by atoms with van der Waals surface area (Å²) in [6.45, 7) is 7.09. The standard InChI is InChI=1S/C16H24FN3O3S/c1-4-18-9-11-19(12-10-18)16(21)13(2)20(24(3,22)23)15-8-6-5-7-14(15)17/h5-8,13H,4,9-12H2,1-3H3. The SMILES string of the molecule is CCN1CCN(C(=O)C(C)N(c2ccccc2F)S(C)(=O)=O)CC1. The zero-order valence-electron chi connectivity index (χ0n) is 14.3. The van der Waals surface area contributed by atoms with E-state index in [-0.39, 0.29) is 11.6 Å². The Morgan fingerprint density at radius 2 is 1.83 bits per heavy atom. The van der Waals surface area contributed by atoms with Crippen molar-refractivity contribution < 1.29 is 17.6 Å². The van der Waals surface area contributed by atoms with E-state index < -0.39 is 21.9 Å². The van der Waals surface area contributed by atoms with Crippen molar-refractivity contribution in [2.75, 3.05) is 43.3 Å². The highest BCUT2D eigenvalue weighted by molar-refractivity contribution is 7.92. The van der Waals surface area contributed by atoms with Crippen LogP contribution in [0.2, 0.25) is 0 Å². The number of likely N-dealkylation sites (N-methyl/N-ethyl adjacent to an activating group) is 1. The molecule has 0 spiro atoms. The number of carbonyl (C=O) groups excluding carboxylic acids is 1. The first-order valence-electron chi connectivity index (χ1n) is 8.00. The molecule has 0 aliphatic carbocycles. The van der Waals surface area contributed by atoms with Gasteiger partial charge in [-0.15, -0.1) is 0 Å². The second-order valence-electron chi connectivity index (χ2n) is 5.95. The van der Waals surface area contributed by atoms with Crippen LogP contribution in [-0.2, 0) is 14.8 Å². The van der Waals surface area contributed by atoms with Crippen LogP contribution in [-0.4, -0.2) is 69.1 Å². The summed E-state index contributed by atoms with van der Waals surface area (Å²) < 4.78 is 39.4. The average Bonchev–Trinajstić information content (AvgIpc) is 2.55. The van der Waals surface area contributed by atoms with E-state index in [1.54, 1.807) is 11.0 Å². The molecule has 1 heterocycles. The quantitative estimate of drug-likeness (QED) is 0.793. The lowest BCUT2D eigenvalue weighted by Crippen LogP contribution is -2.55. The number of rotatable bonds is 5. The fourth-order valence-electron chi connectivity index (χ4n) is 2.95. The van der Waals surface area contributed by atoms with E-state index in [0.29, 0.717) is 13.1 Å². The van der Waals surface area contributed by atoms with Crippen LogP contribution in [0.15, 0.2) is 24.3 Å². The lowest BCUT2D eigenvalue weighted by atomic mass is 10.2. The molecule has 0 saturated carbocycles. The molecule has 1 atom stereocenters. The van der Waals surface area contributed by atoms with Crippen LogP contribution in [0.25, 0.3) is 0 Å². The molecule has 2 rings (SSSR count). The van der Waals surface area contributed by atoms with Crippen molar-refractivity contribution in [1.82, 2.24) is 9.80 Å². The summed E-state index contributed by atoms with van der Waals surface area (Å²) in [5.74, 6) is -0.974. The molecule has 1 aromatic rings. The van der Waals surface area contributed by atoms with E-state index in [1.165, 1.54) is 25.1 Å². The molecule has 1 aliphatic heterocycles. The number of para-hydroxylation sites is 1. The van der Waals surface area contributed by atoms with Crippen LogP contribution in [0.5, 0.6) is 0 Å². The van der Waals surface area contributed by atoms with Crippen LogP contribution in [0.3, 0.4) is 0 Å². The summed E-state index contributed by atoms with van der Waals surface area (Å²) in [6, 6.07) is 4.59. The van der Waals surface area contributed by atoms with Crippen LogP contribution < -0.4 is 4.31 Å². The van der Waals surface area contributed by atoms with Crippen LogP contribution in [0, 0.1) is 5.82 Å². The van der Waals surface area contributed by atoms with Crippen LogP contribution in [0.1, 0.15) is 13.8 Å². The number of nitrogens with zero attached hydrogens (tertiary/aromatic N) is 3. The molecule has 1 amide bonds. The second-order valence-corrected chi connectivity index (χ2v) is 7.81. The number of piperazine rings is 1. The molecular weight excluding hydrogens is 333 g/mol. The maximum atomic E-state index is 14.1. The predicted molar refractivity (Wildman–Crippen MR) is 91.9 cm³/mol. The van der Waals surface area contributed by atoms with Gasteiger partial charge in [-0.05, 0) is 25.6 Å². The van der Waals surface area contributed by atoms with Gasteiger partial charge in [0.25, 0.3) is 0 Å². The van der Waals surface area contributed by atoms with Gasteiger partial charge in [0.2, 0.25) is 15.9 Å². The molecule has 1 unspecified atom stereocenters. The Balaban J connectivity index is 2.25. The summed E-state index contributed by atoms with van der Waals surface area (Å²) in [6.07, 6.45) is 0.984. The minimum atomic E-state index is -3.80. The first-order valence-corrected chi connectivity index (χ1v) is 9.85. The van der Waals surface area contributed by atoms with Crippen molar-refractivity contribution in [3.63, 3.8) is 0 Å². The van der Waals surface area contributed by atoms with Crippen molar-refractivity contribution in [2.24, 2.45) is 0 Å². The summed E-state index contributed by atoms with van der Waals surface area (Å²) in [7, 11) is -3.80. The molecule has 134 valence electrons. The van der Waals surface area contributed by atoms with Gasteiger partial charge in [-0.25, -0.2) is 12.8 Å². The molecule has 1 aliphatic rings. The van der Waals surface area contributed by atoms with Crippen molar-refractivity contribution in [1.29, 1.82) is 0 Å². The first-order chi connectivity index (χ1) is 11.3. The zero-order valence-corrected chi connectivity index (χ0v) is 15.1. The third-order valence-electron chi connectivity index (χ3n) is 4.29. The number of anilines is 1. The maximum Gasteiger partial charge on any atom is 0.246 e. The van der Waals surface area contributed by atoms with Crippen LogP contribution in [0.4, 0.5) is 10.1 Å². The predicted octanol–water partition coefficient (Wildman–Crippen LogP) is 1.14. The van der Waals surface area contributed by atoms with Gasteiger partial charge in [-0.2, -0.15) is 0 Å². The van der Waals surface area contributed by atoms with Crippen molar-refractivity contribution in [3.8, 4) is 0 Å². The Labute approximate surface area is 142 Å². The number of halogens is 1. The lowest BCUT2D eigenvalue weighted by Gasteiger charge is -2.37. The fourth-order valence-corrected chi connectivity index (χ4v) is 4.12. The summed E-state index contributed by atoms with van der Waals surface area (Å²) >= 11 is 0. The molecule has 1 aromatic carbocycles. The molecule has 24 heavy (non-hydrogen) atoms. The summed E-state index contributed by atoms with van der Waals surface area (Å²) in [4.78, 5) is 16.6. The minimum absolute atomic E-state index is 0.104. The fraction of sp³-hybridized carbons (Fsp3) is 0.562. The molecule has 1 fully saturated rings. The third-order valence-corrected chi connectivity index (χ3v) is 5.52. The molecule has 0 aromatic heterocycles. The largest absolute Gasteiger partial charge is 0.338 e. The number of sulfonamides is 1. The molecule has 0 radical (unpaired) electrons. The van der Waals surface area contributed by atoms with Gasteiger partial charge in [0.1, 0.15) is 11.9 Å². The van der Waals surface area contributed by atoms with E-state index in [1.807, 2.05) is 0 Å². The Hall–Kier alpha value is -1.67. The smallest absolute Gasteiger partial charge is 0.246 e. The molecule has 1 saturated heterocycles. The van der Waals surface area contributed by atoms with Crippen LogP contribution >= 0.6 is 0 Å². The van der Waals surface area contributed by atoms with Gasteiger partial charge in [0.05, 0.1) is 11.9 Å². The number of carbonyl (C=O) groups is 1. The topological polar surface area (TPSA) is 60.9 Å². The summed E-state index contributed by atoms with van der Waals surface area (Å²) in [5, 5.41) is 0. The Morgan fingerprint density at radius 1 is 1.25 bits per heavy atom. The number of amides is 1. The molecule has 6 nitrogen and oxygen atoms in total. The zero-order chi connectivity index (χ0) is 17.9. The van der Waals surface area contributed by atoms with Gasteiger partial charge in [0.15, 0.2) is 0 Å². The molecule has 0 bridgehead atoms. The third kappa shape index (κ3) is 4.05. The highest BCUT2D eigenvalue weighted by Crippen LogP contribution is 2.25. The monoisotopic (exact) mass is 357 g/mol. The molecular formula is C16H24FN3O3S. The average molecular weight is 357 g/mol. The normalized spacial score (nSPS) is 17.6. The van der Waals surface area contributed by atoms with Crippen molar-refractivity contribution in [2.45, 2.75) is 19.9 Å². The van der Waals surface area contributed by atoms with E-state index in [0.717, 1.165) is 30.2 Å². The van der Waals surface area contributed by atoms with Crippen molar-refractivity contribution in [3.05, 3.63) is 30.1 Å². The van der Waals surface area contributed by atoms with Gasteiger partial charge in [-0.3, -0.25) is 9.10 Å². The Bertz CT molecular complexity index is 688.